The number of carbonyl (C=O) groups excluding carboxylic acids is 1. The first-order valence-electron chi connectivity index (χ1n) is 8.76. The highest BCUT2D eigenvalue weighted by Gasteiger charge is 2.40. The van der Waals surface area contributed by atoms with Crippen LogP contribution in [0.25, 0.3) is 11.1 Å². The summed E-state index contributed by atoms with van der Waals surface area (Å²) in [6, 6.07) is 7.76. The van der Waals surface area contributed by atoms with Gasteiger partial charge in [-0.3, -0.25) is 9.69 Å². The Morgan fingerprint density at radius 1 is 1.14 bits per heavy atom. The zero-order valence-electron chi connectivity index (χ0n) is 15.3. The molecule has 2 aliphatic rings. The van der Waals surface area contributed by atoms with Gasteiger partial charge >= 0.3 is 0 Å². The van der Waals surface area contributed by atoms with E-state index in [9.17, 15) is 18.3 Å². The molecule has 0 saturated heterocycles. The van der Waals surface area contributed by atoms with Gasteiger partial charge in [0.05, 0.1) is 23.0 Å². The molecule has 0 aromatic heterocycles. The Morgan fingerprint density at radius 2 is 1.86 bits per heavy atom. The monoisotopic (exact) mass is 402 g/mol. The number of aliphatic hydroxyl groups excluding tert-OH is 1. The Balaban J connectivity index is 1.74. The average Bonchev–Trinajstić information content (AvgIpc) is 2.98. The minimum atomic E-state index is -3.41. The second-order valence-electron chi connectivity index (χ2n) is 7.10. The smallest absolute Gasteiger partial charge is 0.260 e. The molecule has 0 fully saturated rings. The summed E-state index contributed by atoms with van der Waals surface area (Å²) in [5.74, 6) is -1.57. The number of fused-ring (bicyclic) bond motifs is 1. The number of amides is 1. The first-order chi connectivity index (χ1) is 13.2. The molecule has 1 amide bonds. The lowest BCUT2D eigenvalue weighted by Crippen LogP contribution is -2.54. The van der Waals surface area contributed by atoms with E-state index in [0.29, 0.717) is 11.1 Å². The standard InChI is InChI=1S/C20H19FN2O4S/c1-11-3-4-13(9-12(11)2)15-5-6-16-18(17(15)21)22-20(25)23(19(16)24)14-7-8-28(26,27)10-14/h3-9,14,20,22,25H,10H2,1-2H3. The Hall–Kier alpha value is -2.71. The van der Waals surface area contributed by atoms with Crippen molar-refractivity contribution in [2.24, 2.45) is 0 Å². The molecule has 2 aliphatic heterocycles. The summed E-state index contributed by atoms with van der Waals surface area (Å²) in [6.07, 6.45) is -0.185. The number of benzene rings is 2. The fraction of sp³-hybridized carbons (Fsp3) is 0.250. The molecule has 2 heterocycles. The third-order valence-electron chi connectivity index (χ3n) is 5.23. The number of hydrogen-bond acceptors (Lipinski definition) is 5. The zero-order chi connectivity index (χ0) is 20.2. The van der Waals surface area contributed by atoms with Crippen LogP contribution in [0.4, 0.5) is 10.1 Å². The molecular weight excluding hydrogens is 383 g/mol. The number of rotatable bonds is 2. The molecule has 0 saturated carbocycles. The van der Waals surface area contributed by atoms with Crippen molar-refractivity contribution in [2.75, 3.05) is 11.1 Å². The molecule has 28 heavy (non-hydrogen) atoms. The number of halogens is 1. The molecule has 4 rings (SSSR count). The van der Waals surface area contributed by atoms with Crippen LogP contribution in [0.2, 0.25) is 0 Å². The van der Waals surface area contributed by atoms with E-state index in [2.05, 4.69) is 5.32 Å². The maximum absolute atomic E-state index is 15.2. The maximum atomic E-state index is 15.2. The Labute approximate surface area is 162 Å². The van der Waals surface area contributed by atoms with Crippen LogP contribution in [0.15, 0.2) is 41.8 Å². The van der Waals surface area contributed by atoms with Crippen molar-refractivity contribution < 1.29 is 22.7 Å². The molecule has 6 nitrogen and oxygen atoms in total. The van der Waals surface area contributed by atoms with E-state index in [4.69, 9.17) is 0 Å². The molecular formula is C20H19FN2O4S. The Bertz CT molecular complexity index is 1130. The van der Waals surface area contributed by atoms with Crippen LogP contribution in [-0.4, -0.2) is 42.5 Å². The summed E-state index contributed by atoms with van der Waals surface area (Å²) in [6.45, 7) is 3.90. The molecule has 146 valence electrons. The van der Waals surface area contributed by atoms with Gasteiger partial charge in [-0.25, -0.2) is 12.8 Å². The van der Waals surface area contributed by atoms with E-state index < -0.39 is 34.0 Å². The molecule has 2 unspecified atom stereocenters. The highest BCUT2D eigenvalue weighted by Crippen LogP contribution is 2.36. The van der Waals surface area contributed by atoms with Gasteiger partial charge < -0.3 is 10.4 Å². The predicted octanol–water partition coefficient (Wildman–Crippen LogP) is 2.56. The maximum Gasteiger partial charge on any atom is 0.260 e. The average molecular weight is 402 g/mol. The van der Waals surface area contributed by atoms with Crippen LogP contribution < -0.4 is 5.32 Å². The number of aryl methyl sites for hydroxylation is 2. The lowest BCUT2D eigenvalue weighted by molar-refractivity contribution is 0.0106. The van der Waals surface area contributed by atoms with Crippen molar-refractivity contribution in [1.29, 1.82) is 0 Å². The normalized spacial score (nSPS) is 22.9. The van der Waals surface area contributed by atoms with Crippen LogP contribution in [0.5, 0.6) is 0 Å². The molecule has 0 spiro atoms. The van der Waals surface area contributed by atoms with Gasteiger partial charge in [0.1, 0.15) is 0 Å². The Morgan fingerprint density at radius 3 is 2.50 bits per heavy atom. The largest absolute Gasteiger partial charge is 0.356 e. The first kappa shape index (κ1) is 18.6. The molecule has 0 bridgehead atoms. The SMILES string of the molecule is Cc1ccc(-c2ccc3c(c2F)NC(O)N(C2C=CS(=O)(=O)C2)C3=O)cc1C. The summed E-state index contributed by atoms with van der Waals surface area (Å²) in [4.78, 5) is 13.9. The van der Waals surface area contributed by atoms with E-state index in [1.165, 1.54) is 18.2 Å². The van der Waals surface area contributed by atoms with Gasteiger partial charge in [-0.2, -0.15) is 0 Å². The van der Waals surface area contributed by atoms with Crippen molar-refractivity contribution in [3.63, 3.8) is 0 Å². The third-order valence-corrected chi connectivity index (χ3v) is 6.61. The first-order valence-corrected chi connectivity index (χ1v) is 10.5. The fourth-order valence-electron chi connectivity index (χ4n) is 3.54. The van der Waals surface area contributed by atoms with Gasteiger partial charge in [0.25, 0.3) is 5.91 Å². The fourth-order valence-corrected chi connectivity index (χ4v) is 4.82. The molecule has 0 aliphatic carbocycles. The predicted molar refractivity (Wildman–Crippen MR) is 104 cm³/mol. The number of anilines is 1. The van der Waals surface area contributed by atoms with E-state index in [-0.39, 0.29) is 17.0 Å². The van der Waals surface area contributed by atoms with Crippen LogP contribution in [-0.2, 0) is 9.84 Å². The Kier molecular flexibility index (Phi) is 4.28. The number of carbonyl (C=O) groups is 1. The van der Waals surface area contributed by atoms with Crippen LogP contribution in [0, 0.1) is 19.7 Å². The number of nitrogens with zero attached hydrogens (tertiary/aromatic N) is 1. The van der Waals surface area contributed by atoms with Gasteiger partial charge in [0.2, 0.25) is 6.35 Å². The van der Waals surface area contributed by atoms with Gasteiger partial charge in [-0.15, -0.1) is 0 Å². The highest BCUT2D eigenvalue weighted by molar-refractivity contribution is 7.94. The highest BCUT2D eigenvalue weighted by atomic mass is 32.2. The molecule has 0 radical (unpaired) electrons. The van der Waals surface area contributed by atoms with Gasteiger partial charge in [-0.1, -0.05) is 24.3 Å². The van der Waals surface area contributed by atoms with Crippen molar-refractivity contribution >= 4 is 21.4 Å². The van der Waals surface area contributed by atoms with Gasteiger partial charge in [0, 0.05) is 11.0 Å². The summed E-state index contributed by atoms with van der Waals surface area (Å²) in [7, 11) is -3.41. The summed E-state index contributed by atoms with van der Waals surface area (Å²) < 4.78 is 38.5. The molecule has 2 aromatic rings. The molecule has 2 aromatic carbocycles. The number of hydrogen-bond donors (Lipinski definition) is 2. The van der Waals surface area contributed by atoms with Crippen molar-refractivity contribution in [2.45, 2.75) is 26.2 Å². The topological polar surface area (TPSA) is 86.7 Å². The van der Waals surface area contributed by atoms with Crippen LogP contribution in [0.3, 0.4) is 0 Å². The lowest BCUT2D eigenvalue weighted by Gasteiger charge is -2.37. The number of sulfone groups is 1. The molecule has 2 atom stereocenters. The van der Waals surface area contributed by atoms with Crippen molar-refractivity contribution in [3.8, 4) is 11.1 Å². The quantitative estimate of drug-likeness (QED) is 0.806. The summed E-state index contributed by atoms with van der Waals surface area (Å²) >= 11 is 0. The van der Waals surface area contributed by atoms with Crippen LogP contribution >= 0.6 is 0 Å². The second-order valence-corrected chi connectivity index (χ2v) is 9.04. The molecule has 2 N–H and O–H groups in total. The van der Waals surface area contributed by atoms with Crippen LogP contribution in [0.1, 0.15) is 21.5 Å². The van der Waals surface area contributed by atoms with Crippen molar-refractivity contribution in [3.05, 3.63) is 64.3 Å². The van der Waals surface area contributed by atoms with E-state index in [0.717, 1.165) is 21.4 Å². The number of aliphatic hydroxyl groups is 1. The summed E-state index contributed by atoms with van der Waals surface area (Å²) in [5.41, 5.74) is 3.04. The minimum absolute atomic E-state index is 0.0491. The lowest BCUT2D eigenvalue weighted by atomic mass is 9.96. The van der Waals surface area contributed by atoms with E-state index in [1.54, 1.807) is 6.07 Å². The van der Waals surface area contributed by atoms with E-state index >= 15 is 4.39 Å². The zero-order valence-corrected chi connectivity index (χ0v) is 16.1. The summed E-state index contributed by atoms with van der Waals surface area (Å²) in [5, 5.41) is 14.0. The number of nitrogens with one attached hydrogen (secondary N) is 1. The second kappa shape index (κ2) is 6.42. The van der Waals surface area contributed by atoms with Gasteiger partial charge in [-0.05, 0) is 42.7 Å². The minimum Gasteiger partial charge on any atom is -0.356 e. The van der Waals surface area contributed by atoms with Crippen molar-refractivity contribution in [1.82, 2.24) is 4.90 Å². The molecule has 8 heteroatoms. The van der Waals surface area contributed by atoms with Gasteiger partial charge in [0.15, 0.2) is 15.7 Å². The van der Waals surface area contributed by atoms with E-state index in [1.807, 2.05) is 26.0 Å². The third kappa shape index (κ3) is 2.98.